The van der Waals surface area contributed by atoms with Gasteiger partial charge in [-0.3, -0.25) is 0 Å². The Hall–Kier alpha value is -1.81. The average Bonchev–Trinajstić information content (AvgIpc) is 2.34. The predicted octanol–water partition coefficient (Wildman–Crippen LogP) is 2.20. The van der Waals surface area contributed by atoms with Crippen molar-refractivity contribution in [3.63, 3.8) is 0 Å². The quantitative estimate of drug-likeness (QED) is 0.882. The molecule has 0 fully saturated rings. The molecule has 0 saturated heterocycles. The largest absolute Gasteiger partial charge is 0.386 e. The van der Waals surface area contributed by atoms with Crippen LogP contribution in [0.4, 0.5) is 4.39 Å². The third-order valence-corrected chi connectivity index (χ3v) is 2.66. The van der Waals surface area contributed by atoms with Gasteiger partial charge in [0.1, 0.15) is 18.2 Å². The van der Waals surface area contributed by atoms with Crippen LogP contribution >= 0.6 is 0 Å². The Kier molecular flexibility index (Phi) is 3.44. The molecule has 0 spiro atoms. The van der Waals surface area contributed by atoms with Crippen molar-refractivity contribution in [1.29, 1.82) is 0 Å². The van der Waals surface area contributed by atoms with Gasteiger partial charge in [0.15, 0.2) is 0 Å². The van der Waals surface area contributed by atoms with Crippen molar-refractivity contribution >= 4 is 0 Å². The molecular formula is C13H13FN2O. The molecule has 0 bridgehead atoms. The molecule has 1 unspecified atom stereocenters. The van der Waals surface area contributed by atoms with Crippen LogP contribution in [-0.2, 0) is 6.42 Å². The number of benzene rings is 1. The van der Waals surface area contributed by atoms with E-state index >= 15 is 0 Å². The molecule has 2 aromatic rings. The van der Waals surface area contributed by atoms with Gasteiger partial charge in [0.25, 0.3) is 0 Å². The van der Waals surface area contributed by atoms with E-state index in [-0.39, 0.29) is 5.82 Å². The van der Waals surface area contributed by atoms with Crippen LogP contribution in [0.15, 0.2) is 36.8 Å². The highest BCUT2D eigenvalue weighted by atomic mass is 19.1. The van der Waals surface area contributed by atoms with Crippen LogP contribution in [0.3, 0.4) is 0 Å². The molecule has 1 N–H and O–H groups in total. The molecule has 0 aliphatic rings. The van der Waals surface area contributed by atoms with Crippen molar-refractivity contribution in [3.8, 4) is 0 Å². The summed E-state index contributed by atoms with van der Waals surface area (Å²) in [6, 6.07) is 6.22. The summed E-state index contributed by atoms with van der Waals surface area (Å²) < 4.78 is 12.9. The Morgan fingerprint density at radius 2 is 2.18 bits per heavy atom. The lowest BCUT2D eigenvalue weighted by Crippen LogP contribution is -2.05. The van der Waals surface area contributed by atoms with E-state index in [0.29, 0.717) is 12.1 Å². The maximum atomic E-state index is 12.9. The van der Waals surface area contributed by atoms with E-state index in [0.717, 1.165) is 11.1 Å². The fourth-order valence-corrected chi connectivity index (χ4v) is 1.70. The summed E-state index contributed by atoms with van der Waals surface area (Å²) in [5.74, 6) is -0.261. The van der Waals surface area contributed by atoms with Crippen LogP contribution in [0, 0.1) is 12.7 Å². The van der Waals surface area contributed by atoms with E-state index in [2.05, 4.69) is 9.97 Å². The number of nitrogens with zero attached hydrogens (tertiary/aromatic N) is 2. The Bertz CT molecular complexity index is 502. The maximum absolute atomic E-state index is 12.9. The molecule has 0 radical (unpaired) electrons. The number of aliphatic hydroxyl groups is 1. The number of hydrogen-bond acceptors (Lipinski definition) is 3. The average molecular weight is 232 g/mol. The Morgan fingerprint density at radius 3 is 2.82 bits per heavy atom. The summed E-state index contributed by atoms with van der Waals surface area (Å²) in [6.07, 6.45) is 2.71. The highest BCUT2D eigenvalue weighted by molar-refractivity contribution is 5.27. The minimum Gasteiger partial charge on any atom is -0.386 e. The first-order valence-corrected chi connectivity index (χ1v) is 5.36. The molecule has 17 heavy (non-hydrogen) atoms. The van der Waals surface area contributed by atoms with Gasteiger partial charge in [0.2, 0.25) is 0 Å². The molecule has 3 nitrogen and oxygen atoms in total. The van der Waals surface area contributed by atoms with Gasteiger partial charge in [-0.1, -0.05) is 6.07 Å². The minimum absolute atomic E-state index is 0.261. The molecule has 88 valence electrons. The molecule has 0 aliphatic heterocycles. The standard InChI is InChI=1S/C13H13FN2O/c1-9-6-11(14)3-2-10(9)7-13(17)12-4-5-15-8-16-12/h2-6,8,13,17H,7H2,1H3. The zero-order chi connectivity index (χ0) is 12.3. The Morgan fingerprint density at radius 1 is 1.35 bits per heavy atom. The normalized spacial score (nSPS) is 12.4. The second kappa shape index (κ2) is 5.01. The van der Waals surface area contributed by atoms with Crippen molar-refractivity contribution < 1.29 is 9.50 Å². The Balaban J connectivity index is 2.16. The third-order valence-electron chi connectivity index (χ3n) is 2.66. The minimum atomic E-state index is -0.692. The van der Waals surface area contributed by atoms with Gasteiger partial charge >= 0.3 is 0 Å². The second-order valence-electron chi connectivity index (χ2n) is 3.92. The number of rotatable bonds is 3. The fraction of sp³-hybridized carbons (Fsp3) is 0.231. The van der Waals surface area contributed by atoms with Crippen LogP contribution in [0.2, 0.25) is 0 Å². The molecule has 0 saturated carbocycles. The van der Waals surface area contributed by atoms with Gasteiger partial charge in [-0.05, 0) is 36.2 Å². The highest BCUT2D eigenvalue weighted by Crippen LogP contribution is 2.19. The lowest BCUT2D eigenvalue weighted by molar-refractivity contribution is 0.173. The van der Waals surface area contributed by atoms with Crippen molar-refractivity contribution in [2.45, 2.75) is 19.4 Å². The van der Waals surface area contributed by atoms with Crippen LogP contribution in [-0.4, -0.2) is 15.1 Å². The summed E-state index contributed by atoms with van der Waals surface area (Å²) in [6.45, 7) is 1.82. The summed E-state index contributed by atoms with van der Waals surface area (Å²) in [5.41, 5.74) is 2.32. The van der Waals surface area contributed by atoms with Gasteiger partial charge in [-0.25, -0.2) is 14.4 Å². The molecule has 4 heteroatoms. The second-order valence-corrected chi connectivity index (χ2v) is 3.92. The first-order valence-electron chi connectivity index (χ1n) is 5.36. The van der Waals surface area contributed by atoms with E-state index in [1.54, 1.807) is 18.3 Å². The third kappa shape index (κ3) is 2.85. The molecule has 2 rings (SSSR count). The van der Waals surface area contributed by atoms with Gasteiger partial charge in [0, 0.05) is 12.6 Å². The van der Waals surface area contributed by atoms with E-state index in [9.17, 15) is 9.50 Å². The van der Waals surface area contributed by atoms with E-state index in [4.69, 9.17) is 0 Å². The Labute approximate surface area is 99.0 Å². The van der Waals surface area contributed by atoms with Crippen LogP contribution in [0.1, 0.15) is 22.9 Å². The highest BCUT2D eigenvalue weighted by Gasteiger charge is 2.11. The van der Waals surface area contributed by atoms with Crippen molar-refractivity contribution in [1.82, 2.24) is 9.97 Å². The smallest absolute Gasteiger partial charge is 0.123 e. The fourth-order valence-electron chi connectivity index (χ4n) is 1.70. The van der Waals surface area contributed by atoms with E-state index in [1.807, 2.05) is 6.92 Å². The summed E-state index contributed by atoms with van der Waals surface area (Å²) in [7, 11) is 0. The molecule has 1 aromatic carbocycles. The van der Waals surface area contributed by atoms with Crippen molar-refractivity contribution in [2.75, 3.05) is 0 Å². The summed E-state index contributed by atoms with van der Waals surface area (Å²) >= 11 is 0. The number of aryl methyl sites for hydroxylation is 1. The molecular weight excluding hydrogens is 219 g/mol. The monoisotopic (exact) mass is 232 g/mol. The molecule has 0 amide bonds. The van der Waals surface area contributed by atoms with Crippen LogP contribution in [0.5, 0.6) is 0 Å². The molecule has 1 atom stereocenters. The molecule has 1 heterocycles. The SMILES string of the molecule is Cc1cc(F)ccc1CC(O)c1ccncn1. The lowest BCUT2D eigenvalue weighted by atomic mass is 10.0. The van der Waals surface area contributed by atoms with Gasteiger partial charge in [-0.2, -0.15) is 0 Å². The first-order chi connectivity index (χ1) is 8.16. The first kappa shape index (κ1) is 11.7. The number of hydrogen-bond donors (Lipinski definition) is 1. The van der Waals surface area contributed by atoms with Gasteiger partial charge in [0.05, 0.1) is 5.69 Å². The van der Waals surface area contributed by atoms with Crippen LogP contribution in [0.25, 0.3) is 0 Å². The van der Waals surface area contributed by atoms with Crippen molar-refractivity contribution in [2.24, 2.45) is 0 Å². The zero-order valence-corrected chi connectivity index (χ0v) is 9.47. The van der Waals surface area contributed by atoms with Crippen LogP contribution < -0.4 is 0 Å². The topological polar surface area (TPSA) is 46.0 Å². The number of halogens is 1. The summed E-state index contributed by atoms with van der Waals surface area (Å²) in [4.78, 5) is 7.78. The lowest BCUT2D eigenvalue weighted by Gasteiger charge is -2.11. The molecule has 1 aromatic heterocycles. The zero-order valence-electron chi connectivity index (χ0n) is 9.47. The number of aliphatic hydroxyl groups excluding tert-OH is 1. The van der Waals surface area contributed by atoms with Gasteiger partial charge in [-0.15, -0.1) is 0 Å². The van der Waals surface area contributed by atoms with Gasteiger partial charge < -0.3 is 5.11 Å². The molecule has 0 aliphatic carbocycles. The predicted molar refractivity (Wildman–Crippen MR) is 61.8 cm³/mol. The maximum Gasteiger partial charge on any atom is 0.123 e. The number of aromatic nitrogens is 2. The van der Waals surface area contributed by atoms with Crippen molar-refractivity contribution in [3.05, 3.63) is 59.4 Å². The summed E-state index contributed by atoms with van der Waals surface area (Å²) in [5, 5.41) is 9.98. The van der Waals surface area contributed by atoms with E-state index in [1.165, 1.54) is 18.5 Å². The van der Waals surface area contributed by atoms with E-state index < -0.39 is 6.10 Å².